The van der Waals surface area contributed by atoms with Crippen LogP contribution in [0.4, 0.5) is 0 Å². The molecular weight excluding hydrogens is 264 g/mol. The summed E-state index contributed by atoms with van der Waals surface area (Å²) in [5.41, 5.74) is 2.97. The van der Waals surface area contributed by atoms with E-state index in [1.54, 1.807) is 24.3 Å². The number of benzene rings is 1. The van der Waals surface area contributed by atoms with Gasteiger partial charge in [0, 0.05) is 12.0 Å². The first-order valence-corrected chi connectivity index (χ1v) is 6.01. The molecule has 1 aromatic carbocycles. The highest BCUT2D eigenvalue weighted by Crippen LogP contribution is 2.02. The normalized spacial score (nSPS) is 10.0. The van der Waals surface area contributed by atoms with Crippen molar-refractivity contribution in [2.24, 2.45) is 0 Å². The van der Waals surface area contributed by atoms with Crippen LogP contribution >= 0.6 is 0 Å². The third-order valence-electron chi connectivity index (χ3n) is 2.30. The van der Waals surface area contributed by atoms with Gasteiger partial charge in [-0.3, -0.25) is 14.4 Å². The Morgan fingerprint density at radius 2 is 1.80 bits per heavy atom. The van der Waals surface area contributed by atoms with E-state index >= 15 is 0 Å². The van der Waals surface area contributed by atoms with Crippen LogP contribution in [0.25, 0.3) is 0 Å². The van der Waals surface area contributed by atoms with Crippen LogP contribution in [-0.4, -0.2) is 42.5 Å². The van der Waals surface area contributed by atoms with Gasteiger partial charge in [-0.15, -0.1) is 0 Å². The molecule has 1 amide bonds. The second-order valence-electron chi connectivity index (χ2n) is 3.88. The number of hydrogen-bond acceptors (Lipinski definition) is 5. The highest BCUT2D eigenvalue weighted by atomic mass is 16.6. The Labute approximate surface area is 115 Å². The smallest absolute Gasteiger partial charge is 0.322 e. The molecule has 3 N–H and O–H groups in total. The Hall–Kier alpha value is -2.25. The number of amides is 1. The summed E-state index contributed by atoms with van der Waals surface area (Å²) in [5, 5.41) is 10.5. The largest absolute Gasteiger partial charge is 0.480 e. The first-order chi connectivity index (χ1) is 9.59. The van der Waals surface area contributed by atoms with Crippen LogP contribution in [0.15, 0.2) is 30.3 Å². The predicted octanol–water partition coefficient (Wildman–Crippen LogP) is -0.0186. The Morgan fingerprint density at radius 3 is 2.45 bits per heavy atom. The van der Waals surface area contributed by atoms with Gasteiger partial charge in [-0.05, 0) is 0 Å². The minimum absolute atomic E-state index is 0.0530. The topological polar surface area (TPSA) is 105 Å². The number of Topliss-reactive ketones (excluding diaryl/α,β-unsaturated/α-hetero) is 1. The minimum atomic E-state index is -1.12. The zero-order valence-corrected chi connectivity index (χ0v) is 10.8. The lowest BCUT2D eigenvalue weighted by molar-refractivity contribution is -0.138. The van der Waals surface area contributed by atoms with Crippen LogP contribution in [0.5, 0.6) is 0 Å². The van der Waals surface area contributed by atoms with Gasteiger partial charge >= 0.3 is 5.97 Å². The van der Waals surface area contributed by atoms with Crippen LogP contribution in [0.2, 0.25) is 0 Å². The van der Waals surface area contributed by atoms with Crippen molar-refractivity contribution in [1.29, 1.82) is 0 Å². The lowest BCUT2D eigenvalue weighted by Crippen LogP contribution is -2.36. The van der Waals surface area contributed by atoms with Crippen LogP contribution < -0.4 is 10.8 Å². The molecule has 0 fully saturated rings. The Bertz CT molecular complexity index is 461. The van der Waals surface area contributed by atoms with E-state index in [4.69, 9.17) is 9.94 Å². The molecule has 0 bridgehead atoms. The number of aliphatic carboxylic acids is 1. The molecule has 0 saturated heterocycles. The third kappa shape index (κ3) is 6.62. The maximum absolute atomic E-state index is 11.7. The molecular formula is C13H16N2O5. The van der Waals surface area contributed by atoms with Crippen molar-refractivity contribution in [1.82, 2.24) is 10.8 Å². The van der Waals surface area contributed by atoms with Crippen molar-refractivity contribution in [2.45, 2.75) is 6.42 Å². The van der Waals surface area contributed by atoms with E-state index in [9.17, 15) is 14.4 Å². The van der Waals surface area contributed by atoms with Gasteiger partial charge in [-0.2, -0.15) is 5.48 Å². The number of rotatable bonds is 9. The van der Waals surface area contributed by atoms with E-state index < -0.39 is 18.4 Å². The fraction of sp³-hybridized carbons (Fsp3) is 0.308. The first kappa shape index (κ1) is 15.8. The standard InChI is InChI=1S/C13H16N2O5/c16-11(10-4-2-1-3-5-10)6-7-20-15-8-12(17)14-9-13(18)19/h1-5,15H,6-9H2,(H,14,17)(H,18,19). The van der Waals surface area contributed by atoms with Gasteiger partial charge in [0.25, 0.3) is 0 Å². The summed E-state index contributed by atoms with van der Waals surface area (Å²) < 4.78 is 0. The molecule has 7 heteroatoms. The fourth-order valence-electron chi connectivity index (χ4n) is 1.34. The molecule has 0 heterocycles. The number of carbonyl (C=O) groups excluding carboxylic acids is 2. The molecule has 0 aliphatic heterocycles. The van der Waals surface area contributed by atoms with Gasteiger partial charge < -0.3 is 15.3 Å². The summed E-state index contributed by atoms with van der Waals surface area (Å²) >= 11 is 0. The lowest BCUT2D eigenvalue weighted by Gasteiger charge is -2.05. The summed E-state index contributed by atoms with van der Waals surface area (Å²) in [6.07, 6.45) is 0.188. The lowest BCUT2D eigenvalue weighted by atomic mass is 10.1. The quantitative estimate of drug-likeness (QED) is 0.333. The molecule has 1 rings (SSSR count). The number of hydrogen-bond donors (Lipinski definition) is 3. The van der Waals surface area contributed by atoms with Gasteiger partial charge in [0.2, 0.25) is 5.91 Å². The third-order valence-corrected chi connectivity index (χ3v) is 2.30. The second-order valence-corrected chi connectivity index (χ2v) is 3.88. The number of carboxylic acid groups (broad SMARTS) is 1. The second kappa shape index (κ2) is 8.78. The average Bonchev–Trinajstić information content (AvgIpc) is 2.45. The van der Waals surface area contributed by atoms with Crippen molar-refractivity contribution in [2.75, 3.05) is 19.7 Å². The number of carbonyl (C=O) groups is 3. The maximum atomic E-state index is 11.7. The fourth-order valence-corrected chi connectivity index (χ4v) is 1.34. The number of nitrogens with one attached hydrogen (secondary N) is 2. The van der Waals surface area contributed by atoms with Crippen molar-refractivity contribution >= 4 is 17.7 Å². The van der Waals surface area contributed by atoms with E-state index in [2.05, 4.69) is 10.8 Å². The highest BCUT2D eigenvalue weighted by molar-refractivity contribution is 5.96. The van der Waals surface area contributed by atoms with Crippen molar-refractivity contribution in [3.05, 3.63) is 35.9 Å². The van der Waals surface area contributed by atoms with E-state index in [1.165, 1.54) is 0 Å². The molecule has 0 saturated carbocycles. The molecule has 0 spiro atoms. The van der Waals surface area contributed by atoms with Crippen molar-refractivity contribution < 1.29 is 24.3 Å². The predicted molar refractivity (Wildman–Crippen MR) is 70.0 cm³/mol. The number of ketones is 1. The molecule has 0 aromatic heterocycles. The van der Waals surface area contributed by atoms with Gasteiger partial charge in [0.05, 0.1) is 13.2 Å². The summed E-state index contributed by atoms with van der Waals surface area (Å²) in [5.74, 6) is -1.67. The van der Waals surface area contributed by atoms with Gasteiger partial charge in [-0.25, -0.2) is 0 Å². The Morgan fingerprint density at radius 1 is 1.10 bits per heavy atom. The molecule has 0 aliphatic rings. The number of hydroxylamine groups is 1. The molecule has 0 radical (unpaired) electrons. The monoisotopic (exact) mass is 280 g/mol. The maximum Gasteiger partial charge on any atom is 0.322 e. The Balaban J connectivity index is 2.09. The van der Waals surface area contributed by atoms with E-state index in [0.717, 1.165) is 0 Å². The zero-order chi connectivity index (χ0) is 14.8. The van der Waals surface area contributed by atoms with E-state index in [0.29, 0.717) is 5.56 Å². The van der Waals surface area contributed by atoms with E-state index in [-0.39, 0.29) is 25.4 Å². The SMILES string of the molecule is O=C(O)CNC(=O)CNOCCC(=O)c1ccccc1. The summed E-state index contributed by atoms with van der Waals surface area (Å²) in [7, 11) is 0. The Kier molecular flexibility index (Phi) is 6.94. The minimum Gasteiger partial charge on any atom is -0.480 e. The van der Waals surface area contributed by atoms with Gasteiger partial charge in [0.1, 0.15) is 6.54 Å². The molecule has 1 aromatic rings. The molecule has 0 atom stereocenters. The molecule has 7 nitrogen and oxygen atoms in total. The number of carboxylic acids is 1. The first-order valence-electron chi connectivity index (χ1n) is 6.01. The van der Waals surface area contributed by atoms with Crippen molar-refractivity contribution in [3.8, 4) is 0 Å². The van der Waals surface area contributed by atoms with Crippen LogP contribution in [0.3, 0.4) is 0 Å². The molecule has 0 unspecified atom stereocenters. The van der Waals surface area contributed by atoms with Crippen molar-refractivity contribution in [3.63, 3.8) is 0 Å². The van der Waals surface area contributed by atoms with Gasteiger partial charge in [0.15, 0.2) is 5.78 Å². The van der Waals surface area contributed by atoms with Crippen LogP contribution in [0.1, 0.15) is 16.8 Å². The van der Waals surface area contributed by atoms with Gasteiger partial charge in [-0.1, -0.05) is 30.3 Å². The molecule has 20 heavy (non-hydrogen) atoms. The van der Waals surface area contributed by atoms with Crippen LogP contribution in [-0.2, 0) is 14.4 Å². The molecule has 0 aliphatic carbocycles. The van der Waals surface area contributed by atoms with Crippen LogP contribution in [0, 0.1) is 0 Å². The molecule has 108 valence electrons. The van der Waals surface area contributed by atoms with E-state index in [1.807, 2.05) is 6.07 Å². The summed E-state index contributed by atoms with van der Waals surface area (Å²) in [4.78, 5) is 37.9. The average molecular weight is 280 g/mol. The summed E-state index contributed by atoms with van der Waals surface area (Å²) in [6.45, 7) is -0.486. The summed E-state index contributed by atoms with van der Waals surface area (Å²) in [6, 6.07) is 8.81. The highest BCUT2D eigenvalue weighted by Gasteiger charge is 2.06. The zero-order valence-electron chi connectivity index (χ0n) is 10.8.